The molecule has 0 N–H and O–H groups in total. The van der Waals surface area contributed by atoms with Gasteiger partial charge in [0.15, 0.2) is 0 Å². The van der Waals surface area contributed by atoms with E-state index in [2.05, 4.69) is 6.92 Å². The van der Waals surface area contributed by atoms with E-state index < -0.39 is 9.85 Å². The Balaban J connectivity index is 0. The normalized spacial score (nSPS) is 9.04. The molecule has 0 aliphatic heterocycles. The van der Waals surface area contributed by atoms with Gasteiger partial charge >= 0.3 is 0 Å². The van der Waals surface area contributed by atoms with Crippen LogP contribution in [0, 0.1) is 27.2 Å². The molecule has 0 spiro atoms. The Hall–Kier alpha value is -1.41. The first kappa shape index (κ1) is 23.9. The number of anilines is 1. The first-order valence-corrected chi connectivity index (χ1v) is 6.68. The minimum Gasteiger partial charge on any atom is -0.396 e. The standard InChI is InChI=1S/C11H14N3O4.C3H6O.Y/c1-3-7-12(4-2)10-6-5-9(13(15)16)8-11(10)14(17)18;1-3(2)4;/h5-6,8H,2-4,7H2,1H3;1-2H3;/q-1;;. The van der Waals surface area contributed by atoms with Crippen molar-refractivity contribution in [2.24, 2.45) is 0 Å². The van der Waals surface area contributed by atoms with Crippen LogP contribution < -0.4 is 4.90 Å². The molecule has 0 unspecified atom stereocenters. The van der Waals surface area contributed by atoms with Crippen molar-refractivity contribution < 1.29 is 47.4 Å². The van der Waals surface area contributed by atoms with Crippen molar-refractivity contribution >= 4 is 22.8 Å². The molecule has 1 aromatic carbocycles. The summed E-state index contributed by atoms with van der Waals surface area (Å²) in [6.07, 6.45) is 0.809. The van der Waals surface area contributed by atoms with Crippen molar-refractivity contribution in [1.82, 2.24) is 0 Å². The second-order valence-electron chi connectivity index (χ2n) is 4.58. The summed E-state index contributed by atoms with van der Waals surface area (Å²) in [5.41, 5.74) is -0.185. The molecular weight excluding hydrogens is 379 g/mol. The summed E-state index contributed by atoms with van der Waals surface area (Å²) in [4.78, 5) is 31.5. The van der Waals surface area contributed by atoms with Crippen LogP contribution in [-0.4, -0.2) is 28.7 Å². The minimum atomic E-state index is -0.648. The summed E-state index contributed by atoms with van der Waals surface area (Å²) >= 11 is 0. The zero-order chi connectivity index (χ0) is 17.3. The Morgan fingerprint density at radius 2 is 1.74 bits per heavy atom. The smallest absolute Gasteiger partial charge is 0.299 e. The Morgan fingerprint density at radius 1 is 1.22 bits per heavy atom. The van der Waals surface area contributed by atoms with E-state index in [0.717, 1.165) is 12.5 Å². The van der Waals surface area contributed by atoms with E-state index in [-0.39, 0.29) is 49.9 Å². The van der Waals surface area contributed by atoms with Crippen molar-refractivity contribution in [3.8, 4) is 0 Å². The fraction of sp³-hybridized carbons (Fsp3) is 0.429. The number of non-ortho nitro benzene ring substituents is 1. The van der Waals surface area contributed by atoms with Crippen LogP contribution in [0.4, 0.5) is 17.1 Å². The molecule has 0 heterocycles. The van der Waals surface area contributed by atoms with Gasteiger partial charge in [-0.05, 0) is 26.3 Å². The zero-order valence-electron chi connectivity index (χ0n) is 13.5. The third-order valence-electron chi connectivity index (χ3n) is 2.47. The Bertz CT molecular complexity index is 547. The molecule has 1 aromatic rings. The summed E-state index contributed by atoms with van der Waals surface area (Å²) in [6.45, 7) is 9.69. The van der Waals surface area contributed by atoms with Crippen LogP contribution in [-0.2, 0) is 37.5 Å². The second-order valence-corrected chi connectivity index (χ2v) is 4.58. The molecule has 0 amide bonds. The predicted octanol–water partition coefficient (Wildman–Crippen LogP) is 3.15. The molecular formula is C14H20N3O5Y-. The molecule has 0 aliphatic carbocycles. The van der Waals surface area contributed by atoms with Crippen LogP contribution in [0.3, 0.4) is 0 Å². The molecule has 23 heavy (non-hydrogen) atoms. The maximum Gasteiger partial charge on any atom is 0.299 e. The number of hydrogen-bond acceptors (Lipinski definition) is 6. The summed E-state index contributed by atoms with van der Waals surface area (Å²) < 4.78 is 0. The van der Waals surface area contributed by atoms with Gasteiger partial charge in [-0.15, -0.1) is 6.54 Å². The first-order chi connectivity index (χ1) is 10.2. The number of rotatable bonds is 6. The number of benzene rings is 1. The number of carbonyl (C=O) groups is 1. The van der Waals surface area contributed by atoms with Crippen LogP contribution in [0.5, 0.6) is 0 Å². The van der Waals surface area contributed by atoms with Gasteiger partial charge in [-0.3, -0.25) is 20.2 Å². The largest absolute Gasteiger partial charge is 0.396 e. The molecule has 1 rings (SSSR count). The van der Waals surface area contributed by atoms with E-state index in [1.807, 2.05) is 6.92 Å². The summed E-state index contributed by atoms with van der Waals surface area (Å²) in [5, 5.41) is 21.6. The third-order valence-corrected chi connectivity index (χ3v) is 2.47. The molecule has 8 nitrogen and oxygen atoms in total. The Morgan fingerprint density at radius 3 is 2.09 bits per heavy atom. The van der Waals surface area contributed by atoms with Gasteiger partial charge < -0.3 is 16.6 Å². The van der Waals surface area contributed by atoms with Crippen LogP contribution in [0.2, 0.25) is 0 Å². The van der Waals surface area contributed by atoms with Crippen molar-refractivity contribution in [3.05, 3.63) is 45.4 Å². The van der Waals surface area contributed by atoms with E-state index >= 15 is 0 Å². The molecule has 0 aromatic heterocycles. The van der Waals surface area contributed by atoms with Gasteiger partial charge in [0.1, 0.15) is 11.5 Å². The molecule has 0 saturated heterocycles. The van der Waals surface area contributed by atoms with Crippen LogP contribution in [0.25, 0.3) is 0 Å². The van der Waals surface area contributed by atoms with Crippen molar-refractivity contribution in [1.29, 1.82) is 0 Å². The third kappa shape index (κ3) is 8.71. The van der Waals surface area contributed by atoms with Gasteiger partial charge in [0.2, 0.25) is 0 Å². The first-order valence-electron chi connectivity index (χ1n) is 6.68. The Kier molecular flexibility index (Phi) is 12.5. The van der Waals surface area contributed by atoms with E-state index in [1.54, 1.807) is 4.90 Å². The minimum absolute atomic E-state index is 0. The maximum atomic E-state index is 11.0. The average Bonchev–Trinajstić information content (AvgIpc) is 2.43. The fourth-order valence-electron chi connectivity index (χ4n) is 1.66. The van der Waals surface area contributed by atoms with E-state index in [0.29, 0.717) is 18.8 Å². The quantitative estimate of drug-likeness (QED) is 0.413. The van der Waals surface area contributed by atoms with Crippen molar-refractivity contribution in [2.45, 2.75) is 27.2 Å². The zero-order valence-corrected chi connectivity index (χ0v) is 16.4. The van der Waals surface area contributed by atoms with E-state index in [4.69, 9.17) is 0 Å². The van der Waals surface area contributed by atoms with Gasteiger partial charge in [0.05, 0.1) is 15.9 Å². The average molecular weight is 399 g/mol. The summed E-state index contributed by atoms with van der Waals surface area (Å²) in [5.74, 6) is 0.167. The van der Waals surface area contributed by atoms with Crippen molar-refractivity contribution in [2.75, 3.05) is 18.0 Å². The van der Waals surface area contributed by atoms with Gasteiger partial charge in [-0.25, -0.2) is 0 Å². The van der Waals surface area contributed by atoms with Crippen LogP contribution in [0.1, 0.15) is 27.2 Å². The molecule has 9 heteroatoms. The molecule has 0 aliphatic rings. The monoisotopic (exact) mass is 399 g/mol. The number of carbonyl (C=O) groups excluding carboxylic acids is 1. The van der Waals surface area contributed by atoms with Crippen molar-refractivity contribution in [3.63, 3.8) is 0 Å². The predicted molar refractivity (Wildman–Crippen MR) is 84.0 cm³/mol. The van der Waals surface area contributed by atoms with Gasteiger partial charge in [0, 0.05) is 45.3 Å². The van der Waals surface area contributed by atoms with Gasteiger partial charge in [0.25, 0.3) is 11.4 Å². The van der Waals surface area contributed by atoms with E-state index in [9.17, 15) is 25.0 Å². The summed E-state index contributed by atoms with van der Waals surface area (Å²) in [6, 6.07) is 3.64. The summed E-state index contributed by atoms with van der Waals surface area (Å²) in [7, 11) is 0. The number of nitrogens with zero attached hydrogens (tertiary/aromatic N) is 3. The van der Waals surface area contributed by atoms with Crippen LogP contribution >= 0.6 is 0 Å². The Labute approximate surface area is 160 Å². The number of nitro benzene ring substituents is 2. The van der Waals surface area contributed by atoms with Crippen LogP contribution in [0.15, 0.2) is 18.2 Å². The molecule has 1 radical (unpaired) electrons. The van der Waals surface area contributed by atoms with Gasteiger partial charge in [-0.1, -0.05) is 6.92 Å². The fourth-order valence-corrected chi connectivity index (χ4v) is 1.66. The molecule has 0 atom stereocenters. The SMILES string of the molecule is CC(C)=O.[CH2-]CN(CCC)c1ccc([N+](=O)[O-])cc1[N+](=O)[O-].[Y]. The topological polar surface area (TPSA) is 107 Å². The second kappa shape index (κ2) is 12.1. The number of nitro groups is 2. The number of hydrogen-bond donors (Lipinski definition) is 0. The number of ketones is 1. The molecule has 125 valence electrons. The molecule has 0 saturated carbocycles. The molecule has 0 bridgehead atoms. The van der Waals surface area contributed by atoms with E-state index in [1.165, 1.54) is 26.0 Å². The van der Waals surface area contributed by atoms with Gasteiger partial charge in [-0.2, -0.15) is 0 Å². The molecule has 0 fully saturated rings. The number of Topliss-reactive ketones (excluding diaryl/α,β-unsaturated/α-hetero) is 1. The maximum absolute atomic E-state index is 11.0.